The van der Waals surface area contributed by atoms with Crippen LogP contribution in [0, 0.1) is 0 Å². The Morgan fingerprint density at radius 1 is 0.679 bits per heavy atom. The monoisotopic (exact) mass is 384 g/mol. The smallest absolute Gasteiger partial charge is 0.147 e. The molecule has 2 aliphatic rings. The van der Waals surface area contributed by atoms with Crippen LogP contribution in [0.3, 0.4) is 0 Å². The first-order valence-electron chi connectivity index (χ1n) is 11.1. The van der Waals surface area contributed by atoms with E-state index < -0.39 is 0 Å². The summed E-state index contributed by atoms with van der Waals surface area (Å²) >= 11 is 0. The highest BCUT2D eigenvalue weighted by molar-refractivity contribution is 5.82. The number of carbonyl (C=O) groups excluding carboxylic acids is 2. The summed E-state index contributed by atoms with van der Waals surface area (Å²) < 4.78 is 0. The van der Waals surface area contributed by atoms with E-state index in [1.807, 2.05) is 0 Å². The predicted octanol–water partition coefficient (Wildman–Crippen LogP) is 3.66. The number of Topliss-reactive ketones (excluding diaryl/α,β-unsaturated/α-hetero) is 2. The van der Waals surface area contributed by atoms with E-state index in [1.165, 1.54) is 49.7 Å². The lowest BCUT2D eigenvalue weighted by Crippen LogP contribution is -2.44. The molecule has 2 heterocycles. The van der Waals surface area contributed by atoms with Crippen molar-refractivity contribution in [3.05, 3.63) is 35.4 Å². The van der Waals surface area contributed by atoms with E-state index in [0.29, 0.717) is 0 Å². The van der Waals surface area contributed by atoms with Gasteiger partial charge in [0.25, 0.3) is 0 Å². The fourth-order valence-corrected chi connectivity index (χ4v) is 4.78. The average Bonchev–Trinajstić information content (AvgIpc) is 2.72. The molecule has 2 fully saturated rings. The van der Waals surface area contributed by atoms with Crippen LogP contribution in [-0.2, 0) is 22.4 Å². The summed E-state index contributed by atoms with van der Waals surface area (Å²) in [6, 6.07) is 8.63. The molecule has 28 heavy (non-hydrogen) atoms. The minimum absolute atomic E-state index is 0.00414. The van der Waals surface area contributed by atoms with Gasteiger partial charge in [0, 0.05) is 0 Å². The second-order valence-electron chi connectivity index (χ2n) is 8.67. The lowest BCUT2D eigenvalue weighted by molar-refractivity contribution is -0.123. The molecule has 3 rings (SSSR count). The Labute approximate surface area is 170 Å². The maximum atomic E-state index is 12.2. The number of rotatable bonds is 8. The highest BCUT2D eigenvalue weighted by Crippen LogP contribution is 2.19. The number of likely N-dealkylation sites (tertiary alicyclic amines) is 2. The average molecular weight is 385 g/mol. The third-order valence-corrected chi connectivity index (χ3v) is 6.48. The maximum absolute atomic E-state index is 12.2. The largest absolute Gasteiger partial charge is 0.298 e. The Morgan fingerprint density at radius 3 is 1.29 bits per heavy atom. The summed E-state index contributed by atoms with van der Waals surface area (Å²) in [4.78, 5) is 29.2. The molecule has 0 radical (unpaired) electrons. The van der Waals surface area contributed by atoms with Gasteiger partial charge in [-0.05, 0) is 89.7 Å². The van der Waals surface area contributed by atoms with E-state index in [-0.39, 0.29) is 23.7 Å². The molecule has 0 aromatic heterocycles. The molecular weight excluding hydrogens is 348 g/mol. The quantitative estimate of drug-likeness (QED) is 0.686. The molecule has 154 valence electrons. The highest BCUT2D eigenvalue weighted by Gasteiger charge is 2.26. The molecule has 0 amide bonds. The molecule has 2 aliphatic heterocycles. The Kier molecular flexibility index (Phi) is 7.81. The van der Waals surface area contributed by atoms with E-state index in [4.69, 9.17) is 0 Å². The van der Waals surface area contributed by atoms with E-state index in [1.54, 1.807) is 13.8 Å². The van der Waals surface area contributed by atoms with Crippen molar-refractivity contribution in [2.24, 2.45) is 0 Å². The third kappa shape index (κ3) is 5.74. The molecule has 2 saturated heterocycles. The SMILES string of the molecule is CC(=O)C(Cc1ccc(CC(C(C)=O)N2CCCCC2)cc1)N1CCCCC1. The Balaban J connectivity index is 1.62. The summed E-state index contributed by atoms with van der Waals surface area (Å²) in [7, 11) is 0. The minimum Gasteiger partial charge on any atom is -0.298 e. The molecule has 1 aromatic carbocycles. The minimum atomic E-state index is 0.00414. The van der Waals surface area contributed by atoms with E-state index in [0.717, 1.165) is 39.0 Å². The van der Waals surface area contributed by atoms with E-state index >= 15 is 0 Å². The Bertz CT molecular complexity index is 586. The van der Waals surface area contributed by atoms with Gasteiger partial charge in [0.15, 0.2) is 0 Å². The van der Waals surface area contributed by atoms with Crippen LogP contribution in [-0.4, -0.2) is 59.6 Å². The molecule has 4 nitrogen and oxygen atoms in total. The van der Waals surface area contributed by atoms with E-state index in [2.05, 4.69) is 34.1 Å². The van der Waals surface area contributed by atoms with Crippen molar-refractivity contribution in [3.63, 3.8) is 0 Å². The van der Waals surface area contributed by atoms with Gasteiger partial charge in [-0.3, -0.25) is 19.4 Å². The first-order chi connectivity index (χ1) is 13.5. The summed E-state index contributed by atoms with van der Waals surface area (Å²) in [5, 5.41) is 0. The van der Waals surface area contributed by atoms with Crippen LogP contribution in [0.1, 0.15) is 63.5 Å². The normalized spacial score (nSPS) is 21.2. The summed E-state index contributed by atoms with van der Waals surface area (Å²) in [5.41, 5.74) is 2.43. The molecule has 4 heteroatoms. The van der Waals surface area contributed by atoms with Crippen LogP contribution >= 0.6 is 0 Å². The topological polar surface area (TPSA) is 40.6 Å². The van der Waals surface area contributed by atoms with Crippen LogP contribution in [0.15, 0.2) is 24.3 Å². The first kappa shape index (κ1) is 21.2. The third-order valence-electron chi connectivity index (χ3n) is 6.48. The van der Waals surface area contributed by atoms with Crippen LogP contribution in [0.5, 0.6) is 0 Å². The van der Waals surface area contributed by atoms with Crippen LogP contribution in [0.4, 0.5) is 0 Å². The number of carbonyl (C=O) groups is 2. The number of hydrogen-bond acceptors (Lipinski definition) is 4. The number of ketones is 2. The van der Waals surface area contributed by atoms with Crippen molar-refractivity contribution in [2.75, 3.05) is 26.2 Å². The van der Waals surface area contributed by atoms with Gasteiger partial charge in [-0.1, -0.05) is 37.1 Å². The lowest BCUT2D eigenvalue weighted by Gasteiger charge is -2.33. The second-order valence-corrected chi connectivity index (χ2v) is 8.67. The summed E-state index contributed by atoms with van der Waals surface area (Å²) in [5.74, 6) is 0.542. The number of benzene rings is 1. The standard InChI is InChI=1S/C24H36N2O2/c1-19(27)23(25-13-5-3-6-14-25)17-21-9-11-22(12-10-21)18-24(20(2)28)26-15-7-4-8-16-26/h9-12,23-24H,3-8,13-18H2,1-2H3. The van der Waals surface area contributed by atoms with Gasteiger partial charge in [0.05, 0.1) is 12.1 Å². The molecule has 0 N–H and O–H groups in total. The fraction of sp³-hybridized carbons (Fsp3) is 0.667. The number of hydrogen-bond donors (Lipinski definition) is 0. The van der Waals surface area contributed by atoms with Crippen LogP contribution < -0.4 is 0 Å². The van der Waals surface area contributed by atoms with Gasteiger partial charge >= 0.3 is 0 Å². The van der Waals surface area contributed by atoms with Gasteiger partial charge < -0.3 is 0 Å². The maximum Gasteiger partial charge on any atom is 0.147 e. The number of nitrogens with zero attached hydrogens (tertiary/aromatic N) is 2. The zero-order valence-electron chi connectivity index (χ0n) is 17.7. The van der Waals surface area contributed by atoms with Crippen LogP contribution in [0.25, 0.3) is 0 Å². The van der Waals surface area contributed by atoms with Gasteiger partial charge in [0.2, 0.25) is 0 Å². The van der Waals surface area contributed by atoms with Crippen molar-refractivity contribution < 1.29 is 9.59 Å². The van der Waals surface area contributed by atoms with E-state index in [9.17, 15) is 9.59 Å². The lowest BCUT2D eigenvalue weighted by atomic mass is 9.95. The fourth-order valence-electron chi connectivity index (χ4n) is 4.78. The summed E-state index contributed by atoms with van der Waals surface area (Å²) in [6.45, 7) is 7.61. The van der Waals surface area contributed by atoms with Gasteiger partial charge in [-0.15, -0.1) is 0 Å². The second kappa shape index (κ2) is 10.3. The Hall–Kier alpha value is -1.52. The molecule has 0 spiro atoms. The van der Waals surface area contributed by atoms with Crippen molar-refractivity contribution in [1.82, 2.24) is 9.80 Å². The predicted molar refractivity (Wildman–Crippen MR) is 114 cm³/mol. The first-order valence-corrected chi connectivity index (χ1v) is 11.1. The molecule has 2 atom stereocenters. The van der Waals surface area contributed by atoms with Crippen molar-refractivity contribution in [2.45, 2.75) is 77.3 Å². The molecule has 0 aliphatic carbocycles. The zero-order valence-corrected chi connectivity index (χ0v) is 17.7. The van der Waals surface area contributed by atoms with Crippen molar-refractivity contribution >= 4 is 11.6 Å². The molecule has 2 unspecified atom stereocenters. The summed E-state index contributed by atoms with van der Waals surface area (Å²) in [6.07, 6.45) is 8.94. The van der Waals surface area contributed by atoms with Crippen molar-refractivity contribution in [3.8, 4) is 0 Å². The molecule has 1 aromatic rings. The van der Waals surface area contributed by atoms with Gasteiger partial charge in [0.1, 0.15) is 11.6 Å². The highest BCUT2D eigenvalue weighted by atomic mass is 16.1. The van der Waals surface area contributed by atoms with Gasteiger partial charge in [-0.25, -0.2) is 0 Å². The molecule has 0 saturated carbocycles. The van der Waals surface area contributed by atoms with Gasteiger partial charge in [-0.2, -0.15) is 0 Å². The zero-order chi connectivity index (χ0) is 19.9. The Morgan fingerprint density at radius 2 is 1.00 bits per heavy atom. The van der Waals surface area contributed by atoms with Crippen LogP contribution in [0.2, 0.25) is 0 Å². The van der Waals surface area contributed by atoms with Crippen molar-refractivity contribution in [1.29, 1.82) is 0 Å². The number of piperidine rings is 2. The molecular formula is C24H36N2O2. The molecule has 0 bridgehead atoms.